The number of hydrogen-bond donors (Lipinski definition) is 2. The van der Waals surface area contributed by atoms with E-state index in [2.05, 4.69) is 10.6 Å². The van der Waals surface area contributed by atoms with Crippen LogP contribution in [0.4, 0.5) is 25.0 Å². The van der Waals surface area contributed by atoms with E-state index in [4.69, 9.17) is 4.74 Å². The highest BCUT2D eigenvalue weighted by atomic mass is 19.1. The molecular weight excluding hydrogens is 380 g/mol. The second-order valence-corrected chi connectivity index (χ2v) is 7.35. The first-order valence-corrected chi connectivity index (χ1v) is 9.41. The van der Waals surface area contributed by atoms with Crippen molar-refractivity contribution >= 4 is 23.4 Å². The van der Waals surface area contributed by atoms with Gasteiger partial charge in [0.05, 0.1) is 0 Å². The molecule has 0 spiro atoms. The van der Waals surface area contributed by atoms with Crippen molar-refractivity contribution in [2.45, 2.75) is 6.61 Å². The van der Waals surface area contributed by atoms with Crippen molar-refractivity contribution < 1.29 is 23.1 Å². The van der Waals surface area contributed by atoms with Crippen molar-refractivity contribution in [2.24, 2.45) is 17.8 Å². The number of fused-ring (bicyclic) bond motifs is 1. The Labute approximate surface area is 166 Å². The van der Waals surface area contributed by atoms with Crippen molar-refractivity contribution in [1.82, 2.24) is 5.32 Å². The number of carbonyl (C=O) groups is 2. The lowest BCUT2D eigenvalue weighted by Gasteiger charge is -2.23. The second-order valence-electron chi connectivity index (χ2n) is 7.35. The molecule has 6 nitrogen and oxygen atoms in total. The molecular formula is C21H21F2N3O3. The van der Waals surface area contributed by atoms with E-state index < -0.39 is 17.7 Å². The Morgan fingerprint density at radius 1 is 1.10 bits per heavy atom. The van der Waals surface area contributed by atoms with Gasteiger partial charge in [-0.1, -0.05) is 30.3 Å². The third kappa shape index (κ3) is 3.87. The number of anilines is 2. The lowest BCUT2D eigenvalue weighted by molar-refractivity contribution is -0.122. The molecule has 1 heterocycles. The molecule has 4 rings (SSSR count). The topological polar surface area (TPSA) is 70.7 Å². The van der Waals surface area contributed by atoms with Crippen LogP contribution in [-0.2, 0) is 16.1 Å². The molecule has 1 aliphatic carbocycles. The van der Waals surface area contributed by atoms with Gasteiger partial charge in [0.2, 0.25) is 5.91 Å². The predicted octanol–water partition coefficient (Wildman–Crippen LogP) is 3.14. The Bertz CT molecular complexity index is 903. The highest BCUT2D eigenvalue weighted by molar-refractivity contribution is 5.85. The van der Waals surface area contributed by atoms with Crippen molar-refractivity contribution in [2.75, 3.05) is 30.4 Å². The highest BCUT2D eigenvalue weighted by Gasteiger charge is 2.59. The van der Waals surface area contributed by atoms with Gasteiger partial charge in [0.25, 0.3) is 0 Å². The molecule has 2 aromatic rings. The molecule has 1 unspecified atom stereocenters. The SMILES string of the molecule is CNC(=O)C1[C@H]2CN(c3c(F)cc(NC(=O)OCc4ccccc4)cc3F)C[C@@H]12. The summed E-state index contributed by atoms with van der Waals surface area (Å²) in [6.45, 7) is 0.920. The number of rotatable bonds is 5. The van der Waals surface area contributed by atoms with Gasteiger partial charge in [-0.05, 0) is 29.5 Å². The monoisotopic (exact) mass is 401 g/mol. The lowest BCUT2D eigenvalue weighted by Crippen LogP contribution is -2.31. The Kier molecular flexibility index (Phi) is 5.08. The molecule has 2 aromatic carbocycles. The molecule has 1 saturated carbocycles. The molecule has 2 fully saturated rings. The van der Waals surface area contributed by atoms with Crippen LogP contribution in [0, 0.1) is 29.4 Å². The maximum Gasteiger partial charge on any atom is 0.411 e. The van der Waals surface area contributed by atoms with E-state index in [0.717, 1.165) is 17.7 Å². The molecule has 2 N–H and O–H groups in total. The zero-order chi connectivity index (χ0) is 20.5. The standard InChI is InChI=1S/C21H21F2N3O3/c1-24-20(27)18-14-9-26(10-15(14)18)19-16(22)7-13(8-17(19)23)25-21(28)29-11-12-5-3-2-4-6-12/h2-8,14-15,18H,9-11H2,1H3,(H,24,27)(H,25,28)/t14-,15+,18?. The fraction of sp³-hybridized carbons (Fsp3) is 0.333. The maximum atomic E-state index is 14.6. The van der Waals surface area contributed by atoms with Gasteiger partial charge in [-0.15, -0.1) is 0 Å². The van der Waals surface area contributed by atoms with E-state index in [9.17, 15) is 18.4 Å². The summed E-state index contributed by atoms with van der Waals surface area (Å²) in [4.78, 5) is 25.2. The van der Waals surface area contributed by atoms with E-state index in [1.54, 1.807) is 24.1 Å². The van der Waals surface area contributed by atoms with Gasteiger partial charge in [-0.25, -0.2) is 13.6 Å². The average Bonchev–Trinajstić information content (AvgIpc) is 3.20. The van der Waals surface area contributed by atoms with Crippen LogP contribution in [0.15, 0.2) is 42.5 Å². The largest absolute Gasteiger partial charge is 0.444 e. The van der Waals surface area contributed by atoms with Crippen LogP contribution in [0.3, 0.4) is 0 Å². The van der Waals surface area contributed by atoms with Gasteiger partial charge in [0.15, 0.2) is 11.6 Å². The van der Waals surface area contributed by atoms with Crippen molar-refractivity contribution in [3.05, 3.63) is 59.7 Å². The van der Waals surface area contributed by atoms with Crippen LogP contribution in [0.5, 0.6) is 0 Å². The number of hydrogen-bond acceptors (Lipinski definition) is 4. The van der Waals surface area contributed by atoms with Gasteiger partial charge in [0, 0.05) is 31.7 Å². The first kappa shape index (κ1) is 19.2. The number of ether oxygens (including phenoxy) is 1. The van der Waals surface area contributed by atoms with Crippen LogP contribution < -0.4 is 15.5 Å². The molecule has 152 valence electrons. The molecule has 1 saturated heterocycles. The normalized spacial score (nSPS) is 22.0. The molecule has 0 aromatic heterocycles. The van der Waals surface area contributed by atoms with Gasteiger partial charge >= 0.3 is 6.09 Å². The van der Waals surface area contributed by atoms with E-state index in [1.807, 2.05) is 18.2 Å². The highest BCUT2D eigenvalue weighted by Crippen LogP contribution is 2.53. The third-order valence-electron chi connectivity index (χ3n) is 5.54. The number of nitrogens with one attached hydrogen (secondary N) is 2. The maximum absolute atomic E-state index is 14.6. The Hall–Kier alpha value is -3.16. The van der Waals surface area contributed by atoms with Crippen LogP contribution in [0.25, 0.3) is 0 Å². The van der Waals surface area contributed by atoms with Gasteiger partial charge < -0.3 is 15.0 Å². The average molecular weight is 401 g/mol. The summed E-state index contributed by atoms with van der Waals surface area (Å²) in [7, 11) is 1.59. The summed E-state index contributed by atoms with van der Waals surface area (Å²) in [5.41, 5.74) is 0.656. The summed E-state index contributed by atoms with van der Waals surface area (Å²) < 4.78 is 34.2. The van der Waals surface area contributed by atoms with Crippen LogP contribution in [-0.4, -0.2) is 32.1 Å². The summed E-state index contributed by atoms with van der Waals surface area (Å²) >= 11 is 0. The first-order valence-electron chi connectivity index (χ1n) is 9.41. The molecule has 2 amide bonds. The lowest BCUT2D eigenvalue weighted by atomic mass is 10.2. The number of carbonyl (C=O) groups excluding carboxylic acids is 2. The molecule has 29 heavy (non-hydrogen) atoms. The van der Waals surface area contributed by atoms with Gasteiger partial charge in [0.1, 0.15) is 12.3 Å². The minimum atomic E-state index is -0.795. The van der Waals surface area contributed by atoms with Crippen LogP contribution in [0.1, 0.15) is 5.56 Å². The number of nitrogens with zero attached hydrogens (tertiary/aromatic N) is 1. The van der Waals surface area contributed by atoms with Crippen molar-refractivity contribution in [3.8, 4) is 0 Å². The van der Waals surface area contributed by atoms with E-state index in [-0.39, 0.29) is 41.6 Å². The smallest absolute Gasteiger partial charge is 0.411 e. The second kappa shape index (κ2) is 7.69. The van der Waals surface area contributed by atoms with E-state index in [1.165, 1.54) is 0 Å². The summed E-state index contributed by atoms with van der Waals surface area (Å²) in [6.07, 6.45) is -0.795. The van der Waals surface area contributed by atoms with Crippen LogP contribution >= 0.6 is 0 Å². The fourth-order valence-electron chi connectivity index (χ4n) is 4.08. The predicted molar refractivity (Wildman–Crippen MR) is 103 cm³/mol. The third-order valence-corrected chi connectivity index (χ3v) is 5.54. The summed E-state index contributed by atoms with van der Waals surface area (Å²) in [5, 5.41) is 4.97. The minimum absolute atomic E-state index is 0.0191. The zero-order valence-corrected chi connectivity index (χ0v) is 15.8. The molecule has 8 heteroatoms. The fourth-order valence-corrected chi connectivity index (χ4v) is 4.08. The molecule has 2 aliphatic rings. The Morgan fingerprint density at radius 3 is 2.31 bits per heavy atom. The number of amides is 2. The molecule has 1 aliphatic heterocycles. The van der Waals surface area contributed by atoms with Gasteiger partial charge in [-0.3, -0.25) is 10.1 Å². The van der Waals surface area contributed by atoms with E-state index in [0.29, 0.717) is 13.1 Å². The van der Waals surface area contributed by atoms with Crippen LogP contribution in [0.2, 0.25) is 0 Å². The molecule has 3 atom stereocenters. The molecule has 0 radical (unpaired) electrons. The summed E-state index contributed by atoms with van der Waals surface area (Å²) in [5.74, 6) is -1.36. The Balaban J connectivity index is 1.37. The molecule has 0 bridgehead atoms. The first-order chi connectivity index (χ1) is 14.0. The quantitative estimate of drug-likeness (QED) is 0.808. The van der Waals surface area contributed by atoms with Gasteiger partial charge in [-0.2, -0.15) is 0 Å². The summed E-state index contributed by atoms with van der Waals surface area (Å²) in [6, 6.07) is 11.2. The Morgan fingerprint density at radius 2 is 1.72 bits per heavy atom. The number of benzene rings is 2. The number of piperidine rings is 1. The zero-order valence-electron chi connectivity index (χ0n) is 15.8. The number of halogens is 2. The van der Waals surface area contributed by atoms with Crippen molar-refractivity contribution in [1.29, 1.82) is 0 Å². The minimum Gasteiger partial charge on any atom is -0.444 e. The van der Waals surface area contributed by atoms with E-state index >= 15 is 0 Å². The van der Waals surface area contributed by atoms with Crippen molar-refractivity contribution in [3.63, 3.8) is 0 Å².